The van der Waals surface area contributed by atoms with E-state index in [1.165, 1.54) is 0 Å². The minimum absolute atomic E-state index is 0.267. The maximum Gasteiger partial charge on any atom is 0.278 e. The molecule has 1 aromatic heterocycles. The Morgan fingerprint density at radius 3 is 2.80 bits per heavy atom. The third-order valence-electron chi connectivity index (χ3n) is 2.76. The van der Waals surface area contributed by atoms with Gasteiger partial charge in [-0.2, -0.15) is 5.10 Å². The lowest BCUT2D eigenvalue weighted by molar-refractivity contribution is 0.102. The van der Waals surface area contributed by atoms with Crippen LogP contribution in [0.3, 0.4) is 0 Å². The van der Waals surface area contributed by atoms with Crippen LogP contribution in [0.15, 0.2) is 35.4 Å². The Bertz CT molecular complexity index is 609. The van der Waals surface area contributed by atoms with E-state index in [2.05, 4.69) is 17.3 Å². The van der Waals surface area contributed by atoms with Crippen molar-refractivity contribution in [3.63, 3.8) is 0 Å². The van der Waals surface area contributed by atoms with Crippen molar-refractivity contribution < 1.29 is 4.79 Å². The summed E-state index contributed by atoms with van der Waals surface area (Å²) in [4.78, 5) is 13.3. The van der Waals surface area contributed by atoms with E-state index in [0.29, 0.717) is 12.2 Å². The molecule has 0 aliphatic rings. The van der Waals surface area contributed by atoms with Crippen LogP contribution in [-0.2, 0) is 6.54 Å². The molecule has 5 nitrogen and oxygen atoms in total. The van der Waals surface area contributed by atoms with Gasteiger partial charge in [0, 0.05) is 17.6 Å². The topological polar surface area (TPSA) is 72.9 Å². The number of hydrogen-bond donors (Lipinski definition) is 2. The summed E-state index contributed by atoms with van der Waals surface area (Å²) in [6.45, 7) is 4.70. The predicted octanol–water partition coefficient (Wildman–Crippen LogP) is 2.85. The molecule has 0 unspecified atom stereocenters. The van der Waals surface area contributed by atoms with E-state index in [-0.39, 0.29) is 11.6 Å². The summed E-state index contributed by atoms with van der Waals surface area (Å²) in [6.07, 6.45) is 1.67. The molecule has 0 saturated carbocycles. The van der Waals surface area contributed by atoms with Crippen LogP contribution in [-0.4, -0.2) is 21.4 Å². The van der Waals surface area contributed by atoms with Gasteiger partial charge in [0.2, 0.25) is 0 Å². The highest BCUT2D eigenvalue weighted by Crippen LogP contribution is 2.27. The van der Waals surface area contributed by atoms with E-state index >= 15 is 0 Å². The Balaban J connectivity index is 2.21. The molecule has 0 aliphatic heterocycles. The molecule has 6 heteroatoms. The lowest BCUT2D eigenvalue weighted by atomic mass is 10.3. The summed E-state index contributed by atoms with van der Waals surface area (Å²) in [7, 11) is 0. The van der Waals surface area contributed by atoms with Gasteiger partial charge in [0.05, 0.1) is 11.4 Å². The Labute approximate surface area is 122 Å². The number of thioether (sulfide) groups is 1. The molecule has 1 amide bonds. The van der Waals surface area contributed by atoms with E-state index in [4.69, 9.17) is 5.73 Å². The van der Waals surface area contributed by atoms with Gasteiger partial charge in [-0.1, -0.05) is 19.1 Å². The second kappa shape index (κ2) is 6.47. The summed E-state index contributed by atoms with van der Waals surface area (Å²) in [5.41, 5.74) is 7.27. The van der Waals surface area contributed by atoms with Crippen LogP contribution in [0.1, 0.15) is 24.3 Å². The molecular weight excluding hydrogens is 272 g/mol. The Hall–Kier alpha value is -1.95. The van der Waals surface area contributed by atoms with Crippen molar-refractivity contribution in [1.82, 2.24) is 9.78 Å². The van der Waals surface area contributed by atoms with E-state index in [1.807, 2.05) is 31.2 Å². The summed E-state index contributed by atoms with van der Waals surface area (Å²) in [6, 6.07) is 7.71. The van der Waals surface area contributed by atoms with Gasteiger partial charge < -0.3 is 11.1 Å². The zero-order chi connectivity index (χ0) is 14.5. The highest BCUT2D eigenvalue weighted by atomic mass is 32.2. The molecule has 0 fully saturated rings. The van der Waals surface area contributed by atoms with Gasteiger partial charge in [-0.15, -0.1) is 11.8 Å². The normalized spacial score (nSPS) is 10.5. The first-order chi connectivity index (χ1) is 9.65. The first kappa shape index (κ1) is 14.5. The standard InChI is InChI=1S/C14H18N4OS/c1-3-18-9-10(15)13(17-18)14(19)16-11-7-5-6-8-12(11)20-4-2/h5-9H,3-4,15H2,1-2H3,(H,16,19). The average Bonchev–Trinajstić information content (AvgIpc) is 2.82. The van der Waals surface area contributed by atoms with Crippen LogP contribution < -0.4 is 11.1 Å². The molecule has 0 saturated heterocycles. The fourth-order valence-corrected chi connectivity index (χ4v) is 2.57. The smallest absolute Gasteiger partial charge is 0.278 e. The fraction of sp³-hybridized carbons (Fsp3) is 0.286. The molecule has 1 heterocycles. The number of nitrogens with zero attached hydrogens (tertiary/aromatic N) is 2. The molecule has 2 aromatic rings. The van der Waals surface area contributed by atoms with Crippen molar-refractivity contribution >= 4 is 29.0 Å². The molecular formula is C14H18N4OS. The summed E-state index contributed by atoms with van der Waals surface area (Å²) < 4.78 is 1.65. The minimum Gasteiger partial charge on any atom is -0.396 e. The first-order valence-corrected chi connectivity index (χ1v) is 7.50. The van der Waals surface area contributed by atoms with Crippen molar-refractivity contribution in [1.29, 1.82) is 0 Å². The molecule has 106 valence electrons. The van der Waals surface area contributed by atoms with Crippen molar-refractivity contribution in [3.8, 4) is 0 Å². The van der Waals surface area contributed by atoms with E-state index in [9.17, 15) is 4.79 Å². The van der Waals surface area contributed by atoms with Gasteiger partial charge in [-0.25, -0.2) is 0 Å². The predicted molar refractivity (Wildman–Crippen MR) is 83.1 cm³/mol. The largest absolute Gasteiger partial charge is 0.396 e. The number of nitrogen functional groups attached to an aromatic ring is 1. The van der Waals surface area contributed by atoms with Gasteiger partial charge in [0.1, 0.15) is 0 Å². The molecule has 0 radical (unpaired) electrons. The first-order valence-electron chi connectivity index (χ1n) is 6.51. The number of rotatable bonds is 5. The molecule has 2 rings (SSSR count). The number of nitrogens with one attached hydrogen (secondary N) is 1. The van der Waals surface area contributed by atoms with Crippen LogP contribution in [0.5, 0.6) is 0 Å². The number of anilines is 2. The number of hydrogen-bond acceptors (Lipinski definition) is 4. The van der Waals surface area contributed by atoms with Crippen molar-refractivity contribution in [3.05, 3.63) is 36.2 Å². The van der Waals surface area contributed by atoms with Crippen molar-refractivity contribution in [2.75, 3.05) is 16.8 Å². The second-order valence-corrected chi connectivity index (χ2v) is 5.48. The molecule has 20 heavy (non-hydrogen) atoms. The number of amides is 1. The third kappa shape index (κ3) is 3.14. The molecule has 3 N–H and O–H groups in total. The summed E-state index contributed by atoms with van der Waals surface area (Å²) in [5, 5.41) is 7.05. The maximum atomic E-state index is 12.2. The molecule has 0 bridgehead atoms. The van der Waals surface area contributed by atoms with Crippen LogP contribution in [0.25, 0.3) is 0 Å². The van der Waals surface area contributed by atoms with E-state index in [0.717, 1.165) is 16.3 Å². The Morgan fingerprint density at radius 1 is 1.40 bits per heavy atom. The molecule has 1 aromatic carbocycles. The summed E-state index contributed by atoms with van der Waals surface area (Å²) in [5.74, 6) is 0.665. The Morgan fingerprint density at radius 2 is 2.15 bits per heavy atom. The highest BCUT2D eigenvalue weighted by molar-refractivity contribution is 7.99. The highest BCUT2D eigenvalue weighted by Gasteiger charge is 2.15. The van der Waals surface area contributed by atoms with Gasteiger partial charge in [0.15, 0.2) is 5.69 Å². The number of nitrogens with two attached hydrogens (primary N) is 1. The van der Waals surface area contributed by atoms with Crippen molar-refractivity contribution in [2.24, 2.45) is 0 Å². The van der Waals surface area contributed by atoms with E-state index < -0.39 is 0 Å². The van der Waals surface area contributed by atoms with Crippen LogP contribution in [0.2, 0.25) is 0 Å². The fourth-order valence-electron chi connectivity index (χ4n) is 1.81. The van der Waals surface area contributed by atoms with Crippen LogP contribution in [0.4, 0.5) is 11.4 Å². The molecule has 0 atom stereocenters. The number of para-hydroxylation sites is 1. The lowest BCUT2D eigenvalue weighted by Gasteiger charge is -2.09. The van der Waals surface area contributed by atoms with E-state index in [1.54, 1.807) is 22.6 Å². The van der Waals surface area contributed by atoms with Gasteiger partial charge in [-0.05, 0) is 24.8 Å². The van der Waals surface area contributed by atoms with Gasteiger partial charge >= 0.3 is 0 Å². The maximum absolute atomic E-state index is 12.2. The van der Waals surface area contributed by atoms with Crippen molar-refractivity contribution in [2.45, 2.75) is 25.3 Å². The second-order valence-electron chi connectivity index (χ2n) is 4.17. The van der Waals surface area contributed by atoms with Gasteiger partial charge in [-0.3, -0.25) is 9.48 Å². The zero-order valence-electron chi connectivity index (χ0n) is 11.6. The lowest BCUT2D eigenvalue weighted by Crippen LogP contribution is -2.15. The quantitative estimate of drug-likeness (QED) is 0.830. The number of carbonyl (C=O) groups is 1. The average molecular weight is 290 g/mol. The number of aryl methyl sites for hydroxylation is 1. The summed E-state index contributed by atoms with van der Waals surface area (Å²) >= 11 is 1.68. The minimum atomic E-state index is -0.279. The monoisotopic (exact) mass is 290 g/mol. The van der Waals surface area contributed by atoms with Gasteiger partial charge in [0.25, 0.3) is 5.91 Å². The third-order valence-corrected chi connectivity index (χ3v) is 3.72. The number of benzene rings is 1. The van der Waals surface area contributed by atoms with Crippen LogP contribution >= 0.6 is 11.8 Å². The molecule has 0 spiro atoms. The molecule has 0 aliphatic carbocycles. The SMILES string of the molecule is CCSc1ccccc1NC(=O)c1nn(CC)cc1N. The number of carbonyl (C=O) groups excluding carboxylic acids is 1. The number of aromatic nitrogens is 2. The Kier molecular flexibility index (Phi) is 4.68. The zero-order valence-corrected chi connectivity index (χ0v) is 12.4. The van der Waals surface area contributed by atoms with Crippen LogP contribution in [0, 0.1) is 0 Å².